The summed E-state index contributed by atoms with van der Waals surface area (Å²) in [7, 11) is 2.18. The van der Waals surface area contributed by atoms with Gasteiger partial charge in [-0.25, -0.2) is 9.97 Å². The molecule has 1 aromatic rings. The van der Waals surface area contributed by atoms with Gasteiger partial charge in [-0.15, -0.1) is 0 Å². The highest BCUT2D eigenvalue weighted by Crippen LogP contribution is 2.31. The van der Waals surface area contributed by atoms with Gasteiger partial charge in [-0.3, -0.25) is 0 Å². The number of anilines is 2. The van der Waals surface area contributed by atoms with Crippen LogP contribution >= 0.6 is 15.9 Å². The van der Waals surface area contributed by atoms with Crippen LogP contribution in [-0.2, 0) is 0 Å². The molecule has 2 rings (SSSR count). The largest absolute Gasteiger partial charge is 0.369 e. The summed E-state index contributed by atoms with van der Waals surface area (Å²) in [5, 5.41) is 3.26. The van der Waals surface area contributed by atoms with E-state index in [1.165, 1.54) is 0 Å². The first-order chi connectivity index (χ1) is 9.13. The molecule has 0 bridgehead atoms. The summed E-state index contributed by atoms with van der Waals surface area (Å²) >= 11 is 3.64. The van der Waals surface area contributed by atoms with Gasteiger partial charge < -0.3 is 15.1 Å². The molecule has 1 N–H and O–H groups in total. The minimum Gasteiger partial charge on any atom is -0.369 e. The number of nitrogens with zero attached hydrogens (tertiary/aromatic N) is 4. The van der Waals surface area contributed by atoms with Crippen molar-refractivity contribution in [1.82, 2.24) is 14.9 Å². The SMILES string of the molecule is CCNc1ncnc(N2CCCN(C)CC2C)c1Br. The van der Waals surface area contributed by atoms with Gasteiger partial charge in [0, 0.05) is 25.7 Å². The minimum atomic E-state index is 0.452. The molecule has 1 saturated heterocycles. The fraction of sp³-hybridized carbons (Fsp3) is 0.692. The lowest BCUT2D eigenvalue weighted by Crippen LogP contribution is -2.38. The van der Waals surface area contributed by atoms with Gasteiger partial charge in [-0.1, -0.05) is 0 Å². The van der Waals surface area contributed by atoms with Crippen molar-refractivity contribution in [1.29, 1.82) is 0 Å². The summed E-state index contributed by atoms with van der Waals surface area (Å²) in [6.07, 6.45) is 2.80. The quantitative estimate of drug-likeness (QED) is 0.922. The highest BCUT2D eigenvalue weighted by Gasteiger charge is 2.23. The van der Waals surface area contributed by atoms with Crippen molar-refractivity contribution in [3.05, 3.63) is 10.8 Å². The van der Waals surface area contributed by atoms with Crippen molar-refractivity contribution in [2.75, 3.05) is 43.4 Å². The molecule has 0 aromatic carbocycles. The molecule has 1 unspecified atom stereocenters. The van der Waals surface area contributed by atoms with E-state index < -0.39 is 0 Å². The minimum absolute atomic E-state index is 0.452. The fourth-order valence-corrected chi connectivity index (χ4v) is 3.11. The summed E-state index contributed by atoms with van der Waals surface area (Å²) in [6.45, 7) is 8.41. The number of likely N-dealkylation sites (N-methyl/N-ethyl adjacent to an activating group) is 1. The number of nitrogens with one attached hydrogen (secondary N) is 1. The summed E-state index contributed by atoms with van der Waals surface area (Å²) in [6, 6.07) is 0.452. The monoisotopic (exact) mass is 327 g/mol. The van der Waals surface area contributed by atoms with Gasteiger partial charge in [0.2, 0.25) is 0 Å². The molecule has 0 radical (unpaired) electrons. The second-order valence-corrected chi connectivity index (χ2v) is 5.84. The molecular formula is C13H22BrN5. The third kappa shape index (κ3) is 3.36. The van der Waals surface area contributed by atoms with E-state index in [-0.39, 0.29) is 0 Å². The predicted molar refractivity (Wildman–Crippen MR) is 82.8 cm³/mol. The van der Waals surface area contributed by atoms with E-state index in [2.05, 4.69) is 61.9 Å². The lowest BCUT2D eigenvalue weighted by Gasteiger charge is -2.30. The zero-order valence-electron chi connectivity index (χ0n) is 11.9. The third-order valence-corrected chi connectivity index (χ3v) is 4.16. The topological polar surface area (TPSA) is 44.3 Å². The van der Waals surface area contributed by atoms with E-state index in [4.69, 9.17) is 0 Å². The Labute approximate surface area is 123 Å². The van der Waals surface area contributed by atoms with Crippen LogP contribution in [0.2, 0.25) is 0 Å². The zero-order chi connectivity index (χ0) is 13.8. The van der Waals surface area contributed by atoms with Crippen molar-refractivity contribution in [3.8, 4) is 0 Å². The Morgan fingerprint density at radius 3 is 2.95 bits per heavy atom. The van der Waals surface area contributed by atoms with Gasteiger partial charge in [0.25, 0.3) is 0 Å². The van der Waals surface area contributed by atoms with Crippen molar-refractivity contribution in [2.24, 2.45) is 0 Å². The molecule has 0 saturated carbocycles. The van der Waals surface area contributed by atoms with Crippen molar-refractivity contribution in [2.45, 2.75) is 26.3 Å². The maximum absolute atomic E-state index is 4.47. The average Bonchev–Trinajstić information content (AvgIpc) is 2.53. The van der Waals surface area contributed by atoms with E-state index in [1.54, 1.807) is 6.33 Å². The van der Waals surface area contributed by atoms with Crippen LogP contribution in [0.25, 0.3) is 0 Å². The van der Waals surface area contributed by atoms with Gasteiger partial charge >= 0.3 is 0 Å². The van der Waals surface area contributed by atoms with Gasteiger partial charge in [0.05, 0.1) is 0 Å². The second-order valence-electron chi connectivity index (χ2n) is 5.05. The molecule has 19 heavy (non-hydrogen) atoms. The molecule has 0 aliphatic carbocycles. The Balaban J connectivity index is 2.27. The maximum Gasteiger partial charge on any atom is 0.148 e. The van der Waals surface area contributed by atoms with Crippen molar-refractivity contribution in [3.63, 3.8) is 0 Å². The molecule has 0 amide bonds. The molecule has 6 heteroatoms. The molecule has 1 fully saturated rings. The molecule has 1 atom stereocenters. The Morgan fingerprint density at radius 2 is 2.21 bits per heavy atom. The highest BCUT2D eigenvalue weighted by atomic mass is 79.9. The number of aromatic nitrogens is 2. The number of hydrogen-bond acceptors (Lipinski definition) is 5. The van der Waals surface area contributed by atoms with Crippen LogP contribution in [0.15, 0.2) is 10.8 Å². The zero-order valence-corrected chi connectivity index (χ0v) is 13.4. The van der Waals surface area contributed by atoms with Crippen LogP contribution in [0, 0.1) is 0 Å². The van der Waals surface area contributed by atoms with E-state index in [1.807, 2.05) is 0 Å². The van der Waals surface area contributed by atoms with Crippen LogP contribution < -0.4 is 10.2 Å². The number of halogens is 1. The smallest absolute Gasteiger partial charge is 0.148 e. The summed E-state index contributed by atoms with van der Waals surface area (Å²) in [5.41, 5.74) is 0. The number of hydrogen-bond donors (Lipinski definition) is 1. The Bertz CT molecular complexity index is 425. The first kappa shape index (κ1) is 14.5. The Hall–Kier alpha value is -0.880. The standard InChI is InChI=1S/C13H22BrN5/c1-4-15-12-11(14)13(17-9-16-12)19-7-5-6-18(3)8-10(19)2/h9-10H,4-8H2,1-3H3,(H,15,16,17). The fourth-order valence-electron chi connectivity index (χ4n) is 2.54. The molecule has 2 heterocycles. The van der Waals surface area contributed by atoms with Crippen molar-refractivity contribution < 1.29 is 0 Å². The molecule has 5 nitrogen and oxygen atoms in total. The van der Waals surface area contributed by atoms with Crippen LogP contribution in [0.1, 0.15) is 20.3 Å². The Kier molecular flexibility index (Phi) is 4.99. The molecule has 0 spiro atoms. The maximum atomic E-state index is 4.47. The lowest BCUT2D eigenvalue weighted by molar-refractivity contribution is 0.337. The molecule has 106 valence electrons. The first-order valence-electron chi connectivity index (χ1n) is 6.83. The number of rotatable bonds is 3. The lowest BCUT2D eigenvalue weighted by atomic mass is 10.2. The van der Waals surface area contributed by atoms with Crippen LogP contribution in [0.4, 0.5) is 11.6 Å². The van der Waals surface area contributed by atoms with Gasteiger partial charge in [0.1, 0.15) is 22.4 Å². The molecular weight excluding hydrogens is 306 g/mol. The third-order valence-electron chi connectivity index (χ3n) is 3.43. The molecule has 1 aliphatic heterocycles. The summed E-state index contributed by atoms with van der Waals surface area (Å²) < 4.78 is 0.966. The van der Waals surface area contributed by atoms with Gasteiger partial charge in [-0.2, -0.15) is 0 Å². The van der Waals surface area contributed by atoms with Gasteiger partial charge in [-0.05, 0) is 49.8 Å². The van der Waals surface area contributed by atoms with Crippen molar-refractivity contribution >= 4 is 27.6 Å². The van der Waals surface area contributed by atoms with Gasteiger partial charge in [0.15, 0.2) is 0 Å². The molecule has 1 aliphatic rings. The molecule has 1 aromatic heterocycles. The van der Waals surface area contributed by atoms with E-state index in [9.17, 15) is 0 Å². The highest BCUT2D eigenvalue weighted by molar-refractivity contribution is 9.10. The normalized spacial score (nSPS) is 21.3. The Morgan fingerprint density at radius 1 is 1.42 bits per heavy atom. The van der Waals surface area contributed by atoms with E-state index in [0.717, 1.165) is 48.7 Å². The average molecular weight is 328 g/mol. The predicted octanol–water partition coefficient (Wildman–Crippen LogP) is 2.20. The first-order valence-corrected chi connectivity index (χ1v) is 7.62. The van der Waals surface area contributed by atoms with Crippen LogP contribution in [0.5, 0.6) is 0 Å². The van der Waals surface area contributed by atoms with E-state index >= 15 is 0 Å². The van der Waals surface area contributed by atoms with Crippen LogP contribution in [0.3, 0.4) is 0 Å². The summed E-state index contributed by atoms with van der Waals surface area (Å²) in [5.74, 6) is 1.87. The van der Waals surface area contributed by atoms with E-state index in [0.29, 0.717) is 6.04 Å². The van der Waals surface area contributed by atoms with Crippen LogP contribution in [-0.4, -0.2) is 54.1 Å². The second kappa shape index (κ2) is 6.52. The summed E-state index contributed by atoms with van der Waals surface area (Å²) in [4.78, 5) is 13.5.